The lowest BCUT2D eigenvalue weighted by atomic mass is 10.2. The second-order valence-corrected chi connectivity index (χ2v) is 6.47. The highest BCUT2D eigenvalue weighted by molar-refractivity contribution is 5.93. The second-order valence-electron chi connectivity index (χ2n) is 6.47. The second kappa shape index (κ2) is 6.72. The number of benzene rings is 1. The Morgan fingerprint density at radius 2 is 2.24 bits per heavy atom. The van der Waals surface area contributed by atoms with Crippen LogP contribution in [0.3, 0.4) is 0 Å². The fourth-order valence-corrected chi connectivity index (χ4v) is 3.36. The van der Waals surface area contributed by atoms with E-state index < -0.39 is 0 Å². The third-order valence-electron chi connectivity index (χ3n) is 4.55. The average Bonchev–Trinajstić information content (AvgIpc) is 3.21. The Labute approximate surface area is 146 Å². The maximum absolute atomic E-state index is 11.8. The molecule has 1 amide bonds. The van der Waals surface area contributed by atoms with E-state index in [1.54, 1.807) is 6.26 Å². The molecule has 0 saturated heterocycles. The molecule has 0 fully saturated rings. The Hall–Kier alpha value is -2.60. The summed E-state index contributed by atoms with van der Waals surface area (Å²) in [5.41, 5.74) is 2.87. The van der Waals surface area contributed by atoms with Crippen LogP contribution in [0, 0.1) is 0 Å². The molecule has 0 atom stereocenters. The normalized spacial score (nSPS) is 14.6. The van der Waals surface area contributed by atoms with Gasteiger partial charge in [-0.3, -0.25) is 9.69 Å². The number of carbonyl (C=O) groups excluding carboxylic acids is 1. The van der Waals surface area contributed by atoms with Crippen LogP contribution in [0.1, 0.15) is 31.4 Å². The first-order valence-electron chi connectivity index (χ1n) is 8.76. The lowest BCUT2D eigenvalue weighted by molar-refractivity contribution is -0.116. The molecule has 3 heterocycles. The first kappa shape index (κ1) is 15.9. The van der Waals surface area contributed by atoms with Crippen molar-refractivity contribution in [3.8, 4) is 0 Å². The molecule has 3 aromatic rings. The monoisotopic (exact) mass is 338 g/mol. The minimum Gasteiger partial charge on any atom is -0.468 e. The number of carbonyl (C=O) groups is 1. The van der Waals surface area contributed by atoms with E-state index in [0.717, 1.165) is 60.9 Å². The van der Waals surface area contributed by atoms with Gasteiger partial charge in [0, 0.05) is 25.2 Å². The molecule has 6 nitrogen and oxygen atoms in total. The first-order valence-corrected chi connectivity index (χ1v) is 8.76. The summed E-state index contributed by atoms with van der Waals surface area (Å²) in [5.74, 6) is 2.09. The molecule has 0 unspecified atom stereocenters. The van der Waals surface area contributed by atoms with Crippen LogP contribution in [0.4, 0.5) is 5.69 Å². The van der Waals surface area contributed by atoms with E-state index in [1.807, 2.05) is 31.2 Å². The molecule has 1 aliphatic rings. The van der Waals surface area contributed by atoms with E-state index in [4.69, 9.17) is 9.40 Å². The summed E-state index contributed by atoms with van der Waals surface area (Å²) in [6, 6.07) is 9.90. The number of imidazole rings is 1. The van der Waals surface area contributed by atoms with Gasteiger partial charge in [0.05, 0.1) is 30.4 Å². The summed E-state index contributed by atoms with van der Waals surface area (Å²) in [4.78, 5) is 18.9. The molecule has 1 N–H and O–H groups in total. The van der Waals surface area contributed by atoms with Crippen LogP contribution >= 0.6 is 0 Å². The molecular weight excluding hydrogens is 316 g/mol. The molecule has 0 spiro atoms. The van der Waals surface area contributed by atoms with Crippen LogP contribution in [-0.2, 0) is 24.4 Å². The smallest absolute Gasteiger partial charge is 0.224 e. The van der Waals surface area contributed by atoms with E-state index in [1.165, 1.54) is 0 Å². The molecular formula is C19H22N4O2. The largest absolute Gasteiger partial charge is 0.468 e. The van der Waals surface area contributed by atoms with Crippen molar-refractivity contribution >= 4 is 22.6 Å². The number of aromatic nitrogens is 2. The average molecular weight is 338 g/mol. The summed E-state index contributed by atoms with van der Waals surface area (Å²) < 4.78 is 7.72. The highest BCUT2D eigenvalue weighted by atomic mass is 16.3. The van der Waals surface area contributed by atoms with Crippen LogP contribution < -0.4 is 5.32 Å². The van der Waals surface area contributed by atoms with Crippen LogP contribution in [0.25, 0.3) is 11.0 Å². The van der Waals surface area contributed by atoms with Gasteiger partial charge in [-0.25, -0.2) is 4.98 Å². The standard InChI is InChI=1S/C19H22N4O2/c1-2-4-19(24)20-14-6-7-17-16(11-14)21-18-13-22(8-9-23(17)18)12-15-5-3-10-25-15/h3,5-7,10-11H,2,4,8-9,12-13H2,1H3,(H,20,24). The zero-order chi connectivity index (χ0) is 17.2. The minimum absolute atomic E-state index is 0.0513. The predicted molar refractivity (Wildman–Crippen MR) is 96.1 cm³/mol. The van der Waals surface area contributed by atoms with Crippen LogP contribution in [0.2, 0.25) is 0 Å². The summed E-state index contributed by atoms with van der Waals surface area (Å²) in [6.45, 7) is 5.48. The third-order valence-corrected chi connectivity index (χ3v) is 4.55. The summed E-state index contributed by atoms with van der Waals surface area (Å²) >= 11 is 0. The molecule has 130 valence electrons. The Bertz CT molecular complexity index is 882. The van der Waals surface area contributed by atoms with E-state index in [9.17, 15) is 4.79 Å². The SMILES string of the molecule is CCCC(=O)Nc1ccc2c(c1)nc1n2CCN(Cc2ccco2)C1. The van der Waals surface area contributed by atoms with Gasteiger partial charge in [-0.2, -0.15) is 0 Å². The summed E-state index contributed by atoms with van der Waals surface area (Å²) in [6.07, 6.45) is 3.10. The van der Waals surface area contributed by atoms with Gasteiger partial charge in [-0.1, -0.05) is 6.92 Å². The predicted octanol–water partition coefficient (Wildman–Crippen LogP) is 3.38. The van der Waals surface area contributed by atoms with Crippen molar-refractivity contribution in [3.05, 3.63) is 48.2 Å². The number of furan rings is 1. The molecule has 1 aromatic carbocycles. The Balaban J connectivity index is 1.54. The molecule has 0 aliphatic carbocycles. The van der Waals surface area contributed by atoms with Crippen molar-refractivity contribution in [2.75, 3.05) is 11.9 Å². The molecule has 0 radical (unpaired) electrons. The van der Waals surface area contributed by atoms with Gasteiger partial charge in [-0.15, -0.1) is 0 Å². The Kier molecular flexibility index (Phi) is 4.28. The quantitative estimate of drug-likeness (QED) is 0.774. The minimum atomic E-state index is 0.0513. The molecule has 0 saturated carbocycles. The molecule has 25 heavy (non-hydrogen) atoms. The van der Waals surface area contributed by atoms with Gasteiger partial charge in [0.2, 0.25) is 5.91 Å². The number of hydrogen-bond acceptors (Lipinski definition) is 4. The van der Waals surface area contributed by atoms with Gasteiger partial charge in [0.25, 0.3) is 0 Å². The van der Waals surface area contributed by atoms with Crippen LogP contribution in [0.15, 0.2) is 41.0 Å². The number of amides is 1. The maximum Gasteiger partial charge on any atom is 0.224 e. The lowest BCUT2D eigenvalue weighted by Crippen LogP contribution is -2.33. The van der Waals surface area contributed by atoms with Crippen molar-refractivity contribution in [1.82, 2.24) is 14.5 Å². The maximum atomic E-state index is 11.8. The van der Waals surface area contributed by atoms with Gasteiger partial charge in [0.15, 0.2) is 0 Å². The number of nitrogens with zero attached hydrogens (tertiary/aromatic N) is 3. The molecule has 2 aromatic heterocycles. The molecule has 6 heteroatoms. The number of hydrogen-bond donors (Lipinski definition) is 1. The Morgan fingerprint density at radius 1 is 1.32 bits per heavy atom. The van der Waals surface area contributed by atoms with E-state index in [0.29, 0.717) is 6.42 Å². The molecule has 4 rings (SSSR count). The summed E-state index contributed by atoms with van der Waals surface area (Å²) in [7, 11) is 0. The zero-order valence-electron chi connectivity index (χ0n) is 14.4. The molecule has 0 bridgehead atoms. The van der Waals surface area contributed by atoms with Crippen LogP contribution in [-0.4, -0.2) is 26.9 Å². The highest BCUT2D eigenvalue weighted by Gasteiger charge is 2.21. The Morgan fingerprint density at radius 3 is 3.04 bits per heavy atom. The van der Waals surface area contributed by atoms with E-state index >= 15 is 0 Å². The summed E-state index contributed by atoms with van der Waals surface area (Å²) in [5, 5.41) is 2.94. The van der Waals surface area contributed by atoms with E-state index in [-0.39, 0.29) is 5.91 Å². The van der Waals surface area contributed by atoms with Gasteiger partial charge < -0.3 is 14.3 Å². The van der Waals surface area contributed by atoms with Crippen LogP contribution in [0.5, 0.6) is 0 Å². The first-order chi connectivity index (χ1) is 12.2. The lowest BCUT2D eigenvalue weighted by Gasteiger charge is -2.26. The van der Waals surface area contributed by atoms with Crippen molar-refractivity contribution in [2.45, 2.75) is 39.4 Å². The van der Waals surface area contributed by atoms with Crippen molar-refractivity contribution in [2.24, 2.45) is 0 Å². The van der Waals surface area contributed by atoms with E-state index in [2.05, 4.69) is 20.9 Å². The highest BCUT2D eigenvalue weighted by Crippen LogP contribution is 2.24. The van der Waals surface area contributed by atoms with Gasteiger partial charge in [-0.05, 0) is 36.8 Å². The van der Waals surface area contributed by atoms with Crippen molar-refractivity contribution in [3.63, 3.8) is 0 Å². The van der Waals surface area contributed by atoms with Gasteiger partial charge >= 0.3 is 0 Å². The number of nitrogens with one attached hydrogen (secondary N) is 1. The van der Waals surface area contributed by atoms with Crippen molar-refractivity contribution in [1.29, 1.82) is 0 Å². The van der Waals surface area contributed by atoms with Gasteiger partial charge in [0.1, 0.15) is 11.6 Å². The number of rotatable bonds is 5. The van der Waals surface area contributed by atoms with Crippen molar-refractivity contribution < 1.29 is 9.21 Å². The fourth-order valence-electron chi connectivity index (χ4n) is 3.36. The third kappa shape index (κ3) is 3.30. The molecule has 1 aliphatic heterocycles. The number of anilines is 1. The fraction of sp³-hybridized carbons (Fsp3) is 0.368. The zero-order valence-corrected chi connectivity index (χ0v) is 14.4. The topological polar surface area (TPSA) is 63.3 Å². The number of fused-ring (bicyclic) bond motifs is 3.